The van der Waals surface area contributed by atoms with Crippen LogP contribution in [0.3, 0.4) is 0 Å². The predicted molar refractivity (Wildman–Crippen MR) is 73.0 cm³/mol. The molecule has 4 heteroatoms. The highest BCUT2D eigenvalue weighted by Crippen LogP contribution is 2.04. The molecular weight excluding hydrogens is 220 g/mol. The fraction of sp³-hybridized carbons (Fsp3) is 0.917. The predicted octanol–water partition coefficient (Wildman–Crippen LogP) is 1.97. The molecule has 0 radical (unpaired) electrons. The van der Waals surface area contributed by atoms with Crippen molar-refractivity contribution in [1.29, 1.82) is 0 Å². The maximum atomic E-state index is 11.8. The van der Waals surface area contributed by atoms with Crippen molar-refractivity contribution in [1.82, 2.24) is 10.2 Å². The van der Waals surface area contributed by atoms with E-state index in [1.807, 2.05) is 30.5 Å². The van der Waals surface area contributed by atoms with E-state index in [0.717, 1.165) is 19.6 Å². The first-order valence-electron chi connectivity index (χ1n) is 6.09. The number of amides is 1. The van der Waals surface area contributed by atoms with E-state index < -0.39 is 0 Å². The Hall–Kier alpha value is -0.220. The Kier molecular flexibility index (Phi) is 8.76. The highest BCUT2D eigenvalue weighted by atomic mass is 32.2. The van der Waals surface area contributed by atoms with Crippen LogP contribution in [0.25, 0.3) is 0 Å². The summed E-state index contributed by atoms with van der Waals surface area (Å²) in [6.45, 7) is 10.9. The molecule has 2 atom stereocenters. The molecule has 96 valence electrons. The average Bonchev–Trinajstić information content (AvgIpc) is 2.27. The largest absolute Gasteiger partial charge is 0.343 e. The molecule has 0 aliphatic heterocycles. The number of nitrogens with one attached hydrogen (secondary N) is 1. The summed E-state index contributed by atoms with van der Waals surface area (Å²) in [6.07, 6.45) is 2.71. The fourth-order valence-corrected chi connectivity index (χ4v) is 1.75. The molecule has 1 amide bonds. The van der Waals surface area contributed by atoms with Gasteiger partial charge in [-0.25, -0.2) is 0 Å². The van der Waals surface area contributed by atoms with Crippen LogP contribution in [-0.2, 0) is 4.79 Å². The van der Waals surface area contributed by atoms with Crippen molar-refractivity contribution in [2.24, 2.45) is 0 Å². The maximum absolute atomic E-state index is 11.8. The van der Waals surface area contributed by atoms with Crippen molar-refractivity contribution in [3.63, 3.8) is 0 Å². The van der Waals surface area contributed by atoms with Gasteiger partial charge in [-0.3, -0.25) is 4.79 Å². The third kappa shape index (κ3) is 6.38. The van der Waals surface area contributed by atoms with E-state index in [1.54, 1.807) is 0 Å². The second kappa shape index (κ2) is 8.88. The molecule has 2 unspecified atom stereocenters. The molecule has 0 bridgehead atoms. The molecule has 0 aliphatic rings. The minimum atomic E-state index is 0.252. The first-order chi connectivity index (χ1) is 7.54. The van der Waals surface area contributed by atoms with E-state index in [-0.39, 0.29) is 11.9 Å². The molecule has 0 aromatic heterocycles. The molecule has 0 aromatic carbocycles. The van der Waals surface area contributed by atoms with E-state index in [4.69, 9.17) is 0 Å². The van der Waals surface area contributed by atoms with E-state index in [1.165, 1.54) is 0 Å². The third-order valence-corrected chi connectivity index (χ3v) is 3.72. The standard InChI is InChI=1S/C12H26N2OS/c1-6-14(7-2)12(15)8-10(3)13-9-11(4)16-5/h10-11,13H,6-9H2,1-5H3. The van der Waals surface area contributed by atoms with Crippen LogP contribution in [0.4, 0.5) is 0 Å². The topological polar surface area (TPSA) is 32.3 Å². The van der Waals surface area contributed by atoms with Gasteiger partial charge in [-0.15, -0.1) is 0 Å². The van der Waals surface area contributed by atoms with Gasteiger partial charge in [0.15, 0.2) is 0 Å². The summed E-state index contributed by atoms with van der Waals surface area (Å²) < 4.78 is 0. The van der Waals surface area contributed by atoms with E-state index in [9.17, 15) is 4.79 Å². The third-order valence-electron chi connectivity index (χ3n) is 2.75. The lowest BCUT2D eigenvalue weighted by Crippen LogP contribution is -2.38. The zero-order chi connectivity index (χ0) is 12.6. The Morgan fingerprint density at radius 2 is 1.88 bits per heavy atom. The van der Waals surface area contributed by atoms with Crippen molar-refractivity contribution < 1.29 is 4.79 Å². The fourth-order valence-electron chi connectivity index (χ4n) is 1.49. The highest BCUT2D eigenvalue weighted by Gasteiger charge is 2.13. The minimum Gasteiger partial charge on any atom is -0.343 e. The quantitative estimate of drug-likeness (QED) is 0.711. The molecule has 1 N–H and O–H groups in total. The normalized spacial score (nSPS) is 14.6. The van der Waals surface area contributed by atoms with Gasteiger partial charge in [-0.1, -0.05) is 6.92 Å². The first-order valence-corrected chi connectivity index (χ1v) is 7.37. The summed E-state index contributed by atoms with van der Waals surface area (Å²) >= 11 is 1.84. The molecule has 0 saturated carbocycles. The Labute approximate surface area is 104 Å². The van der Waals surface area contributed by atoms with Crippen LogP contribution in [-0.4, -0.2) is 48.0 Å². The number of carbonyl (C=O) groups is 1. The smallest absolute Gasteiger partial charge is 0.224 e. The summed E-state index contributed by atoms with van der Waals surface area (Å²) in [7, 11) is 0. The number of rotatable bonds is 8. The lowest BCUT2D eigenvalue weighted by Gasteiger charge is -2.22. The van der Waals surface area contributed by atoms with Gasteiger partial charge < -0.3 is 10.2 Å². The van der Waals surface area contributed by atoms with Gasteiger partial charge in [0.2, 0.25) is 5.91 Å². The highest BCUT2D eigenvalue weighted by molar-refractivity contribution is 7.99. The Morgan fingerprint density at radius 3 is 2.31 bits per heavy atom. The average molecular weight is 246 g/mol. The molecule has 0 heterocycles. The monoisotopic (exact) mass is 246 g/mol. The number of thioether (sulfide) groups is 1. The summed E-state index contributed by atoms with van der Waals surface area (Å²) in [5.41, 5.74) is 0. The molecule has 0 aromatic rings. The Balaban J connectivity index is 3.85. The van der Waals surface area contributed by atoms with Gasteiger partial charge in [0.05, 0.1) is 0 Å². The maximum Gasteiger partial charge on any atom is 0.224 e. The van der Waals surface area contributed by atoms with E-state index >= 15 is 0 Å². The minimum absolute atomic E-state index is 0.252. The summed E-state index contributed by atoms with van der Waals surface area (Å²) in [5.74, 6) is 0.252. The molecule has 0 fully saturated rings. The van der Waals surface area contributed by atoms with Crippen LogP contribution in [0.1, 0.15) is 34.1 Å². The zero-order valence-corrected chi connectivity index (χ0v) is 12.1. The number of hydrogen-bond acceptors (Lipinski definition) is 3. The van der Waals surface area contributed by atoms with Crippen LogP contribution in [0.5, 0.6) is 0 Å². The van der Waals surface area contributed by atoms with Gasteiger partial charge in [-0.2, -0.15) is 11.8 Å². The zero-order valence-electron chi connectivity index (χ0n) is 11.2. The van der Waals surface area contributed by atoms with Crippen molar-refractivity contribution in [3.05, 3.63) is 0 Å². The van der Waals surface area contributed by atoms with Crippen molar-refractivity contribution in [2.45, 2.75) is 45.4 Å². The summed E-state index contributed by atoms with van der Waals surface area (Å²) in [4.78, 5) is 13.7. The molecule has 3 nitrogen and oxygen atoms in total. The van der Waals surface area contributed by atoms with Crippen LogP contribution >= 0.6 is 11.8 Å². The first kappa shape index (κ1) is 15.8. The SMILES string of the molecule is CCN(CC)C(=O)CC(C)NCC(C)SC. The lowest BCUT2D eigenvalue weighted by molar-refractivity contribution is -0.131. The molecule has 16 heavy (non-hydrogen) atoms. The van der Waals surface area contributed by atoms with E-state index in [0.29, 0.717) is 11.7 Å². The van der Waals surface area contributed by atoms with Crippen LogP contribution < -0.4 is 5.32 Å². The van der Waals surface area contributed by atoms with Gasteiger partial charge in [0.25, 0.3) is 0 Å². The van der Waals surface area contributed by atoms with Crippen molar-refractivity contribution in [3.8, 4) is 0 Å². The molecule has 0 rings (SSSR count). The lowest BCUT2D eigenvalue weighted by atomic mass is 10.2. The number of hydrogen-bond donors (Lipinski definition) is 1. The van der Waals surface area contributed by atoms with Gasteiger partial charge >= 0.3 is 0 Å². The van der Waals surface area contributed by atoms with Crippen LogP contribution in [0, 0.1) is 0 Å². The summed E-state index contributed by atoms with van der Waals surface area (Å²) in [6, 6.07) is 0.266. The van der Waals surface area contributed by atoms with E-state index in [2.05, 4.69) is 25.4 Å². The summed E-state index contributed by atoms with van der Waals surface area (Å²) in [5, 5.41) is 4.00. The second-order valence-electron chi connectivity index (χ2n) is 4.13. The van der Waals surface area contributed by atoms with Crippen molar-refractivity contribution >= 4 is 17.7 Å². The molecule has 0 spiro atoms. The van der Waals surface area contributed by atoms with Gasteiger partial charge in [0, 0.05) is 37.3 Å². The van der Waals surface area contributed by atoms with Crippen LogP contribution in [0.15, 0.2) is 0 Å². The Morgan fingerprint density at radius 1 is 1.31 bits per heavy atom. The molecule has 0 saturated heterocycles. The van der Waals surface area contributed by atoms with Gasteiger partial charge in [-0.05, 0) is 27.0 Å². The van der Waals surface area contributed by atoms with Crippen molar-refractivity contribution in [2.75, 3.05) is 25.9 Å². The number of nitrogens with zero attached hydrogens (tertiary/aromatic N) is 1. The molecular formula is C12H26N2OS. The molecule has 0 aliphatic carbocycles. The van der Waals surface area contributed by atoms with Crippen LogP contribution in [0.2, 0.25) is 0 Å². The second-order valence-corrected chi connectivity index (χ2v) is 5.40. The number of carbonyl (C=O) groups excluding carboxylic acids is 1. The van der Waals surface area contributed by atoms with Gasteiger partial charge in [0.1, 0.15) is 0 Å². The Bertz CT molecular complexity index is 195.